The molecule has 1 fully saturated rings. The zero-order chi connectivity index (χ0) is 13.2. The number of hydrogen-bond acceptors (Lipinski definition) is 3. The quantitative estimate of drug-likeness (QED) is 0.879. The van der Waals surface area contributed by atoms with Gasteiger partial charge in [0.05, 0.1) is 11.9 Å². The van der Waals surface area contributed by atoms with E-state index in [-0.39, 0.29) is 6.04 Å². The molecular weight excluding hydrogens is 243 g/mol. The van der Waals surface area contributed by atoms with Crippen molar-refractivity contribution in [3.8, 4) is 0 Å². The van der Waals surface area contributed by atoms with Gasteiger partial charge in [-0.05, 0) is 31.5 Å². The topological polar surface area (TPSA) is 28.2 Å². The van der Waals surface area contributed by atoms with Crippen LogP contribution in [0.5, 0.6) is 0 Å². The van der Waals surface area contributed by atoms with Crippen LogP contribution in [0.15, 0.2) is 18.5 Å². The van der Waals surface area contributed by atoms with E-state index in [2.05, 4.69) is 10.3 Å². The van der Waals surface area contributed by atoms with Gasteiger partial charge in [-0.3, -0.25) is 4.98 Å². The van der Waals surface area contributed by atoms with Crippen LogP contribution in [0.4, 0.5) is 18.9 Å². The van der Waals surface area contributed by atoms with Crippen LogP contribution in [-0.2, 0) is 6.54 Å². The van der Waals surface area contributed by atoms with Gasteiger partial charge in [-0.15, -0.1) is 0 Å². The highest BCUT2D eigenvalue weighted by Gasteiger charge is 2.38. The number of anilines is 1. The van der Waals surface area contributed by atoms with Crippen molar-refractivity contribution in [1.29, 1.82) is 0 Å². The Hall–Kier alpha value is -1.30. The van der Waals surface area contributed by atoms with Crippen molar-refractivity contribution in [1.82, 2.24) is 10.3 Å². The smallest absolute Gasteiger partial charge is 0.358 e. The number of halogens is 3. The van der Waals surface area contributed by atoms with E-state index in [0.29, 0.717) is 12.2 Å². The number of nitrogens with zero attached hydrogens (tertiary/aromatic N) is 2. The number of nitrogens with one attached hydrogen (secondary N) is 1. The standard InChI is InChI=1S/C12H16F3N3/c1-16-6-9-4-5-17-7-11(9)18(10-2-3-10)8-12(13,14)15/h4-5,7,10,16H,2-3,6,8H2,1H3. The van der Waals surface area contributed by atoms with Gasteiger partial charge in [-0.1, -0.05) is 0 Å². The summed E-state index contributed by atoms with van der Waals surface area (Å²) >= 11 is 0. The van der Waals surface area contributed by atoms with E-state index >= 15 is 0 Å². The van der Waals surface area contributed by atoms with Crippen LogP contribution in [0.1, 0.15) is 18.4 Å². The minimum absolute atomic E-state index is 0.00595. The molecule has 1 aliphatic rings. The number of rotatable bonds is 5. The molecule has 1 aromatic heterocycles. The molecule has 0 atom stereocenters. The van der Waals surface area contributed by atoms with Crippen molar-refractivity contribution in [2.24, 2.45) is 0 Å². The summed E-state index contributed by atoms with van der Waals surface area (Å²) in [6, 6.07) is 1.77. The van der Waals surface area contributed by atoms with E-state index < -0.39 is 12.7 Å². The summed E-state index contributed by atoms with van der Waals surface area (Å²) in [7, 11) is 1.77. The molecular formula is C12H16F3N3. The van der Waals surface area contributed by atoms with Crippen molar-refractivity contribution in [3.63, 3.8) is 0 Å². The number of hydrogen-bond donors (Lipinski definition) is 1. The summed E-state index contributed by atoms with van der Waals surface area (Å²) in [5.41, 5.74) is 1.44. The highest BCUT2D eigenvalue weighted by Crippen LogP contribution is 2.35. The lowest BCUT2D eigenvalue weighted by Crippen LogP contribution is -2.36. The number of alkyl halides is 3. The fourth-order valence-corrected chi connectivity index (χ4v) is 2.00. The molecule has 0 spiro atoms. The van der Waals surface area contributed by atoms with Gasteiger partial charge in [-0.25, -0.2) is 0 Å². The van der Waals surface area contributed by atoms with Crippen LogP contribution in [0.3, 0.4) is 0 Å². The van der Waals surface area contributed by atoms with Gasteiger partial charge in [0.2, 0.25) is 0 Å². The average Bonchev–Trinajstić information content (AvgIpc) is 3.10. The van der Waals surface area contributed by atoms with Crippen LogP contribution < -0.4 is 10.2 Å². The van der Waals surface area contributed by atoms with Crippen molar-refractivity contribution in [2.75, 3.05) is 18.5 Å². The maximum atomic E-state index is 12.6. The number of pyridine rings is 1. The normalized spacial score (nSPS) is 15.8. The van der Waals surface area contributed by atoms with Crippen molar-refractivity contribution >= 4 is 5.69 Å². The second-order valence-electron chi connectivity index (χ2n) is 4.51. The molecule has 0 unspecified atom stereocenters. The predicted octanol–water partition coefficient (Wildman–Crippen LogP) is 2.33. The molecule has 1 heterocycles. The lowest BCUT2D eigenvalue weighted by atomic mass is 10.2. The average molecular weight is 259 g/mol. The third-order valence-electron chi connectivity index (χ3n) is 2.90. The van der Waals surface area contributed by atoms with Gasteiger partial charge in [0, 0.05) is 18.8 Å². The van der Waals surface area contributed by atoms with E-state index in [9.17, 15) is 13.2 Å². The second-order valence-corrected chi connectivity index (χ2v) is 4.51. The van der Waals surface area contributed by atoms with Crippen LogP contribution in [0.2, 0.25) is 0 Å². The fraction of sp³-hybridized carbons (Fsp3) is 0.583. The summed E-state index contributed by atoms with van der Waals surface area (Å²) in [6.45, 7) is -0.362. The van der Waals surface area contributed by atoms with E-state index in [1.54, 1.807) is 19.3 Å². The van der Waals surface area contributed by atoms with Crippen molar-refractivity contribution < 1.29 is 13.2 Å². The first kappa shape index (κ1) is 13.1. The van der Waals surface area contributed by atoms with Gasteiger partial charge < -0.3 is 10.2 Å². The van der Waals surface area contributed by atoms with Crippen LogP contribution in [0, 0.1) is 0 Å². The van der Waals surface area contributed by atoms with Gasteiger partial charge in [-0.2, -0.15) is 13.2 Å². The van der Waals surface area contributed by atoms with Crippen LogP contribution in [-0.4, -0.2) is 30.8 Å². The lowest BCUT2D eigenvalue weighted by molar-refractivity contribution is -0.120. The summed E-state index contributed by atoms with van der Waals surface area (Å²) < 4.78 is 37.9. The second kappa shape index (κ2) is 5.14. The van der Waals surface area contributed by atoms with E-state index in [1.165, 1.54) is 11.1 Å². The van der Waals surface area contributed by atoms with Crippen molar-refractivity contribution in [3.05, 3.63) is 24.0 Å². The van der Waals surface area contributed by atoms with Crippen LogP contribution >= 0.6 is 0 Å². The summed E-state index contributed by atoms with van der Waals surface area (Å²) in [5, 5.41) is 2.97. The molecule has 0 aromatic carbocycles. The maximum Gasteiger partial charge on any atom is 0.405 e. The Morgan fingerprint density at radius 3 is 2.72 bits per heavy atom. The minimum Gasteiger partial charge on any atom is -0.358 e. The van der Waals surface area contributed by atoms with Gasteiger partial charge in [0.15, 0.2) is 0 Å². The lowest BCUT2D eigenvalue weighted by Gasteiger charge is -2.27. The minimum atomic E-state index is -4.19. The summed E-state index contributed by atoms with van der Waals surface area (Å²) in [6.07, 6.45) is 0.592. The predicted molar refractivity (Wildman–Crippen MR) is 63.4 cm³/mol. The molecule has 0 radical (unpaired) electrons. The van der Waals surface area contributed by atoms with Crippen LogP contribution in [0.25, 0.3) is 0 Å². The molecule has 0 amide bonds. The molecule has 2 rings (SSSR count). The molecule has 18 heavy (non-hydrogen) atoms. The van der Waals surface area contributed by atoms with Gasteiger partial charge >= 0.3 is 6.18 Å². The van der Waals surface area contributed by atoms with Gasteiger partial charge in [0.1, 0.15) is 6.54 Å². The monoisotopic (exact) mass is 259 g/mol. The Bertz CT molecular complexity index is 402. The fourth-order valence-electron chi connectivity index (χ4n) is 2.00. The Balaban J connectivity index is 2.24. The first-order valence-electron chi connectivity index (χ1n) is 5.92. The molecule has 0 bridgehead atoms. The maximum absolute atomic E-state index is 12.6. The Morgan fingerprint density at radius 1 is 1.44 bits per heavy atom. The molecule has 3 nitrogen and oxygen atoms in total. The SMILES string of the molecule is CNCc1ccncc1N(CC(F)(F)F)C1CC1. The molecule has 0 saturated heterocycles. The molecule has 1 saturated carbocycles. The number of aromatic nitrogens is 1. The molecule has 1 N–H and O–H groups in total. The molecule has 0 aliphatic heterocycles. The largest absolute Gasteiger partial charge is 0.405 e. The van der Waals surface area contributed by atoms with E-state index in [4.69, 9.17) is 0 Å². The van der Waals surface area contributed by atoms with E-state index in [1.807, 2.05) is 0 Å². The molecule has 1 aromatic rings. The summed E-state index contributed by atoms with van der Waals surface area (Å²) in [5.74, 6) is 0. The highest BCUT2D eigenvalue weighted by atomic mass is 19.4. The molecule has 100 valence electrons. The Labute approximate surface area is 104 Å². The third-order valence-corrected chi connectivity index (χ3v) is 2.90. The Kier molecular flexibility index (Phi) is 3.75. The van der Waals surface area contributed by atoms with Crippen molar-refractivity contribution in [2.45, 2.75) is 31.6 Å². The summed E-state index contributed by atoms with van der Waals surface area (Å²) in [4.78, 5) is 5.38. The van der Waals surface area contributed by atoms with E-state index in [0.717, 1.165) is 18.4 Å². The third kappa shape index (κ3) is 3.35. The molecule has 1 aliphatic carbocycles. The first-order chi connectivity index (χ1) is 8.51. The molecule has 6 heteroatoms. The first-order valence-corrected chi connectivity index (χ1v) is 5.92. The Morgan fingerprint density at radius 2 is 2.17 bits per heavy atom. The zero-order valence-electron chi connectivity index (χ0n) is 10.2. The highest BCUT2D eigenvalue weighted by molar-refractivity contribution is 5.53. The zero-order valence-corrected chi connectivity index (χ0v) is 10.2. The van der Waals surface area contributed by atoms with Gasteiger partial charge in [0.25, 0.3) is 0 Å².